The molecule has 4 heteroatoms. The Morgan fingerprint density at radius 2 is 2.33 bits per heavy atom. The lowest BCUT2D eigenvalue weighted by molar-refractivity contribution is 0.0949. The third-order valence-electron chi connectivity index (χ3n) is 1.72. The number of nitrogens with zero attached hydrogens (tertiary/aromatic N) is 2. The summed E-state index contributed by atoms with van der Waals surface area (Å²) in [4.78, 5) is 12.6. The minimum Gasteiger partial charge on any atom is -0.304 e. The molecule has 12 heavy (non-hydrogen) atoms. The minimum absolute atomic E-state index is 0.155. The van der Waals surface area contributed by atoms with Crippen molar-refractivity contribution in [1.82, 2.24) is 9.97 Å². The molecule has 0 aliphatic carbocycles. The molecule has 1 rings (SSSR count). The van der Waals surface area contributed by atoms with Gasteiger partial charge in [0.25, 0.3) is 0 Å². The molecule has 0 saturated heterocycles. The maximum Gasteiger partial charge on any atom is 0.115 e. The lowest BCUT2D eigenvalue weighted by Gasteiger charge is -2.21. The second kappa shape index (κ2) is 3.60. The molecule has 0 bridgehead atoms. The summed E-state index contributed by atoms with van der Waals surface area (Å²) in [6, 6.07) is 1.86. The van der Waals surface area contributed by atoms with Crippen LogP contribution in [0.25, 0.3) is 0 Å². The van der Waals surface area contributed by atoms with Gasteiger partial charge in [0.05, 0.1) is 12.3 Å². The van der Waals surface area contributed by atoms with Gasteiger partial charge in [-0.15, -0.1) is 0 Å². The highest BCUT2D eigenvalue weighted by Gasteiger charge is 2.21. The molecule has 0 amide bonds. The van der Waals surface area contributed by atoms with E-state index in [-0.39, 0.29) is 5.41 Å². The second-order valence-corrected chi connectivity index (χ2v) is 3.29. The van der Waals surface area contributed by atoms with E-state index in [2.05, 4.69) is 14.8 Å². The van der Waals surface area contributed by atoms with Gasteiger partial charge in [-0.3, -0.25) is 0 Å². The van der Waals surface area contributed by atoms with Crippen LogP contribution >= 0.6 is 0 Å². The molecule has 0 unspecified atom stereocenters. The molecule has 2 N–H and O–H groups in total. The molecule has 1 aromatic heterocycles. The van der Waals surface area contributed by atoms with Crippen LogP contribution in [0.5, 0.6) is 0 Å². The van der Waals surface area contributed by atoms with Gasteiger partial charge in [0, 0.05) is 11.6 Å². The van der Waals surface area contributed by atoms with E-state index in [1.54, 1.807) is 6.20 Å². The van der Waals surface area contributed by atoms with Crippen molar-refractivity contribution in [2.24, 2.45) is 5.90 Å². The maximum atomic E-state index is 5.01. The zero-order chi connectivity index (χ0) is 9.03. The summed E-state index contributed by atoms with van der Waals surface area (Å²) in [6.45, 7) is 4.48. The third kappa shape index (κ3) is 1.99. The number of hydrogen-bond acceptors (Lipinski definition) is 4. The maximum absolute atomic E-state index is 5.01. The van der Waals surface area contributed by atoms with Crippen molar-refractivity contribution >= 4 is 0 Å². The van der Waals surface area contributed by atoms with E-state index < -0.39 is 0 Å². The molecule has 0 radical (unpaired) electrons. The Bertz CT molecular complexity index is 235. The molecule has 1 heterocycles. The number of aromatic nitrogens is 2. The first-order chi connectivity index (χ1) is 5.67. The van der Waals surface area contributed by atoms with Gasteiger partial charge < -0.3 is 4.84 Å². The Labute approximate surface area is 71.7 Å². The highest BCUT2D eigenvalue weighted by molar-refractivity contribution is 5.11. The predicted molar refractivity (Wildman–Crippen MR) is 45.2 cm³/mol. The Balaban J connectivity index is 2.82. The van der Waals surface area contributed by atoms with E-state index in [1.807, 2.05) is 19.9 Å². The second-order valence-electron chi connectivity index (χ2n) is 3.29. The summed E-state index contributed by atoms with van der Waals surface area (Å²) in [5.74, 6) is 5.01. The molecule has 0 aliphatic rings. The molecule has 0 aromatic carbocycles. The van der Waals surface area contributed by atoms with E-state index in [4.69, 9.17) is 5.90 Å². The summed E-state index contributed by atoms with van der Waals surface area (Å²) in [5, 5.41) is 0. The number of rotatable bonds is 3. The van der Waals surface area contributed by atoms with Crippen LogP contribution in [0.15, 0.2) is 18.6 Å². The molecular weight excluding hydrogens is 154 g/mol. The van der Waals surface area contributed by atoms with Gasteiger partial charge in [-0.1, -0.05) is 13.8 Å². The zero-order valence-corrected chi connectivity index (χ0v) is 7.32. The summed E-state index contributed by atoms with van der Waals surface area (Å²) < 4.78 is 0. The van der Waals surface area contributed by atoms with E-state index in [1.165, 1.54) is 6.33 Å². The van der Waals surface area contributed by atoms with Gasteiger partial charge in [-0.25, -0.2) is 15.9 Å². The van der Waals surface area contributed by atoms with Gasteiger partial charge >= 0.3 is 0 Å². The number of nitrogens with two attached hydrogens (primary N) is 1. The summed E-state index contributed by atoms with van der Waals surface area (Å²) in [5.41, 5.74) is 0.778. The van der Waals surface area contributed by atoms with Gasteiger partial charge in [0.2, 0.25) is 0 Å². The van der Waals surface area contributed by atoms with Crippen LogP contribution in [-0.2, 0) is 10.3 Å². The molecule has 0 saturated carbocycles. The first-order valence-corrected chi connectivity index (χ1v) is 3.75. The molecule has 1 aromatic rings. The normalized spacial score (nSPS) is 11.6. The molecule has 0 atom stereocenters. The Morgan fingerprint density at radius 3 is 2.83 bits per heavy atom. The fourth-order valence-corrected chi connectivity index (χ4v) is 0.973. The lowest BCUT2D eigenvalue weighted by Crippen LogP contribution is -2.27. The quantitative estimate of drug-likeness (QED) is 0.671. The Morgan fingerprint density at radius 1 is 1.58 bits per heavy atom. The van der Waals surface area contributed by atoms with E-state index >= 15 is 0 Å². The topological polar surface area (TPSA) is 61.0 Å². The van der Waals surface area contributed by atoms with Crippen LogP contribution in [0.2, 0.25) is 0 Å². The first-order valence-electron chi connectivity index (χ1n) is 3.75. The Hall–Kier alpha value is -1.00. The van der Waals surface area contributed by atoms with Crippen molar-refractivity contribution in [3.8, 4) is 0 Å². The summed E-state index contributed by atoms with van der Waals surface area (Å²) >= 11 is 0. The highest BCUT2D eigenvalue weighted by Crippen LogP contribution is 2.19. The first kappa shape index (κ1) is 9.09. The summed E-state index contributed by atoms with van der Waals surface area (Å²) in [6.07, 6.45) is 3.23. The standard InChI is InChI=1S/C8H13N3O/c1-8(2,5-12-9)7-3-4-10-6-11-7/h3-4,6H,5,9H2,1-2H3. The minimum atomic E-state index is -0.155. The average molecular weight is 167 g/mol. The molecule has 66 valence electrons. The molecule has 0 aliphatic heterocycles. The van der Waals surface area contributed by atoms with Crippen molar-refractivity contribution in [2.45, 2.75) is 19.3 Å². The lowest BCUT2D eigenvalue weighted by atomic mass is 9.90. The van der Waals surface area contributed by atoms with E-state index in [9.17, 15) is 0 Å². The number of hydrogen-bond donors (Lipinski definition) is 1. The van der Waals surface area contributed by atoms with Crippen molar-refractivity contribution in [2.75, 3.05) is 6.61 Å². The average Bonchev–Trinajstić information content (AvgIpc) is 2.06. The van der Waals surface area contributed by atoms with Crippen LogP contribution in [0, 0.1) is 0 Å². The van der Waals surface area contributed by atoms with Gasteiger partial charge in [0.15, 0.2) is 0 Å². The summed E-state index contributed by atoms with van der Waals surface area (Å²) in [7, 11) is 0. The van der Waals surface area contributed by atoms with Crippen molar-refractivity contribution in [3.05, 3.63) is 24.3 Å². The van der Waals surface area contributed by atoms with Crippen molar-refractivity contribution < 1.29 is 4.84 Å². The van der Waals surface area contributed by atoms with Crippen LogP contribution < -0.4 is 5.90 Å². The fraction of sp³-hybridized carbons (Fsp3) is 0.500. The predicted octanol–water partition coefficient (Wildman–Crippen LogP) is 0.645. The highest BCUT2D eigenvalue weighted by atomic mass is 16.6. The van der Waals surface area contributed by atoms with Crippen molar-refractivity contribution in [1.29, 1.82) is 0 Å². The third-order valence-corrected chi connectivity index (χ3v) is 1.72. The van der Waals surface area contributed by atoms with E-state index in [0.29, 0.717) is 6.61 Å². The van der Waals surface area contributed by atoms with E-state index in [0.717, 1.165) is 5.69 Å². The van der Waals surface area contributed by atoms with Crippen LogP contribution in [0.3, 0.4) is 0 Å². The molecule has 4 nitrogen and oxygen atoms in total. The van der Waals surface area contributed by atoms with Gasteiger partial charge in [0.1, 0.15) is 6.33 Å². The van der Waals surface area contributed by atoms with Crippen LogP contribution in [0.4, 0.5) is 0 Å². The monoisotopic (exact) mass is 167 g/mol. The van der Waals surface area contributed by atoms with Crippen molar-refractivity contribution in [3.63, 3.8) is 0 Å². The largest absolute Gasteiger partial charge is 0.304 e. The van der Waals surface area contributed by atoms with Crippen LogP contribution in [0.1, 0.15) is 19.5 Å². The zero-order valence-electron chi connectivity index (χ0n) is 7.32. The van der Waals surface area contributed by atoms with Crippen LogP contribution in [-0.4, -0.2) is 16.6 Å². The molecule has 0 fully saturated rings. The SMILES string of the molecule is CC(C)(CON)c1ccncn1. The van der Waals surface area contributed by atoms with Gasteiger partial charge in [-0.05, 0) is 6.07 Å². The molecular formula is C8H13N3O. The fourth-order valence-electron chi connectivity index (χ4n) is 0.973. The molecule has 0 spiro atoms. The smallest absolute Gasteiger partial charge is 0.115 e. The Kier molecular flexibility index (Phi) is 2.73. The van der Waals surface area contributed by atoms with Gasteiger partial charge in [-0.2, -0.15) is 0 Å².